The van der Waals surface area contributed by atoms with Gasteiger partial charge in [0.25, 0.3) is 0 Å². The predicted molar refractivity (Wildman–Crippen MR) is 91.3 cm³/mol. The van der Waals surface area contributed by atoms with Crippen LogP contribution < -0.4 is 4.74 Å². The van der Waals surface area contributed by atoms with E-state index in [2.05, 4.69) is 16.0 Å². The Bertz CT molecular complexity index is 968. The zero-order valence-corrected chi connectivity index (χ0v) is 14.1. The molecule has 0 aliphatic carbocycles. The highest BCUT2D eigenvalue weighted by Gasteiger charge is 2.25. The third-order valence-electron chi connectivity index (χ3n) is 3.69. The topological polar surface area (TPSA) is 39.9 Å². The van der Waals surface area contributed by atoms with E-state index >= 15 is 0 Å². The van der Waals surface area contributed by atoms with Crippen molar-refractivity contribution < 1.29 is 13.5 Å². The molecule has 0 spiro atoms. The number of hydrogen-bond donors (Lipinski definition) is 0. The van der Waals surface area contributed by atoms with Gasteiger partial charge < -0.3 is 4.74 Å². The summed E-state index contributed by atoms with van der Waals surface area (Å²) in [5.74, 6) is 0.870. The summed E-state index contributed by atoms with van der Waals surface area (Å²) in [4.78, 5) is 4.10. The van der Waals surface area contributed by atoms with Crippen LogP contribution in [0.1, 0.15) is 5.69 Å². The third-order valence-corrected chi connectivity index (χ3v) is 3.96. The van der Waals surface area contributed by atoms with Crippen molar-refractivity contribution in [3.63, 3.8) is 0 Å². The summed E-state index contributed by atoms with van der Waals surface area (Å²) in [5, 5.41) is 4.05. The Balaban J connectivity index is 2.27. The van der Waals surface area contributed by atoms with Crippen LogP contribution in [0.5, 0.6) is 5.75 Å². The van der Waals surface area contributed by atoms with Gasteiger partial charge in [0, 0.05) is 30.9 Å². The molecule has 4 nitrogen and oxygen atoms in total. The van der Waals surface area contributed by atoms with E-state index in [1.807, 2.05) is 0 Å². The normalized spacial score (nSPS) is 10.6. The molecule has 0 saturated carbocycles. The van der Waals surface area contributed by atoms with E-state index in [-0.39, 0.29) is 22.0 Å². The van der Waals surface area contributed by atoms with Crippen molar-refractivity contribution in [2.45, 2.75) is 0 Å². The van der Waals surface area contributed by atoms with Crippen molar-refractivity contribution in [3.8, 4) is 40.5 Å². The van der Waals surface area contributed by atoms with Crippen molar-refractivity contribution in [2.75, 3.05) is 7.11 Å². The van der Waals surface area contributed by atoms with E-state index in [9.17, 15) is 8.78 Å². The number of aromatic nitrogens is 3. The molecule has 0 aliphatic heterocycles. The van der Waals surface area contributed by atoms with E-state index in [1.54, 1.807) is 19.2 Å². The minimum absolute atomic E-state index is 0.0264. The highest BCUT2D eigenvalue weighted by Crippen LogP contribution is 2.40. The average molecular weight is 360 g/mol. The number of hydrogen-bond acceptors (Lipinski definition) is 3. The lowest BCUT2D eigenvalue weighted by Gasteiger charge is -2.10. The van der Waals surface area contributed by atoms with Crippen LogP contribution in [0.4, 0.5) is 8.78 Å². The van der Waals surface area contributed by atoms with Gasteiger partial charge in [0.05, 0.1) is 23.9 Å². The predicted octanol–water partition coefficient (Wildman–Crippen LogP) is 4.07. The molecular formula is C18H12ClF2N3O. The van der Waals surface area contributed by atoms with Crippen molar-refractivity contribution in [2.24, 2.45) is 7.05 Å². The van der Waals surface area contributed by atoms with Crippen LogP contribution in [0.2, 0.25) is 5.15 Å². The minimum Gasteiger partial charge on any atom is -0.497 e. The second-order valence-corrected chi connectivity index (χ2v) is 5.54. The Morgan fingerprint density at radius 2 is 1.88 bits per heavy atom. The van der Waals surface area contributed by atoms with Crippen LogP contribution >= 0.6 is 11.6 Å². The van der Waals surface area contributed by atoms with E-state index in [0.29, 0.717) is 17.0 Å². The molecule has 0 N–H and O–H groups in total. The molecule has 0 bridgehead atoms. The molecule has 2 heterocycles. The largest absolute Gasteiger partial charge is 0.497 e. The molecule has 3 rings (SSSR count). The Labute approximate surface area is 148 Å². The SMILES string of the molecule is C#Cc1ccc(-c2c(-c3c(F)cc(OC)cc3F)c(Cl)nn2C)cn1. The molecule has 0 unspecified atom stereocenters. The number of methoxy groups -OCH3 is 1. The van der Waals surface area contributed by atoms with Crippen LogP contribution in [0.15, 0.2) is 30.5 Å². The number of aryl methyl sites for hydroxylation is 1. The van der Waals surface area contributed by atoms with Crippen LogP contribution in [0.3, 0.4) is 0 Å². The molecule has 0 amide bonds. The highest BCUT2D eigenvalue weighted by molar-refractivity contribution is 6.33. The summed E-state index contributed by atoms with van der Waals surface area (Å²) in [7, 11) is 2.95. The van der Waals surface area contributed by atoms with Gasteiger partial charge in [-0.1, -0.05) is 17.5 Å². The molecule has 1 aromatic carbocycles. The van der Waals surface area contributed by atoms with Crippen LogP contribution in [-0.2, 0) is 7.05 Å². The lowest BCUT2D eigenvalue weighted by atomic mass is 10.0. The van der Waals surface area contributed by atoms with Crippen molar-refractivity contribution in [3.05, 3.63) is 52.9 Å². The number of benzene rings is 1. The van der Waals surface area contributed by atoms with Gasteiger partial charge in [-0.25, -0.2) is 13.8 Å². The van der Waals surface area contributed by atoms with E-state index in [4.69, 9.17) is 22.8 Å². The molecule has 0 saturated heterocycles. The molecule has 7 heteroatoms. The van der Waals surface area contributed by atoms with Crippen molar-refractivity contribution >= 4 is 11.6 Å². The molecule has 2 aromatic heterocycles. The molecular weight excluding hydrogens is 348 g/mol. The fourth-order valence-electron chi connectivity index (χ4n) is 2.57. The first-order chi connectivity index (χ1) is 12.0. The first kappa shape index (κ1) is 16.9. The molecule has 25 heavy (non-hydrogen) atoms. The summed E-state index contributed by atoms with van der Waals surface area (Å²) in [5.41, 5.74) is 1.29. The van der Waals surface area contributed by atoms with Gasteiger partial charge in [-0.15, -0.1) is 6.42 Å². The molecule has 3 aromatic rings. The second kappa shape index (κ2) is 6.54. The second-order valence-electron chi connectivity index (χ2n) is 5.18. The Hall–Kier alpha value is -2.91. The van der Waals surface area contributed by atoms with E-state index < -0.39 is 11.6 Å². The number of nitrogens with zero attached hydrogens (tertiary/aromatic N) is 3. The maximum atomic E-state index is 14.5. The van der Waals surface area contributed by atoms with Gasteiger partial charge in [0.15, 0.2) is 5.15 Å². The van der Waals surface area contributed by atoms with E-state index in [0.717, 1.165) is 12.1 Å². The summed E-state index contributed by atoms with van der Waals surface area (Å²) in [6.45, 7) is 0. The number of halogens is 3. The van der Waals surface area contributed by atoms with Gasteiger partial charge in [0.2, 0.25) is 0 Å². The summed E-state index contributed by atoms with van der Waals surface area (Å²) in [6, 6.07) is 5.50. The zero-order valence-electron chi connectivity index (χ0n) is 13.3. The van der Waals surface area contributed by atoms with Crippen LogP contribution in [-0.4, -0.2) is 21.9 Å². The lowest BCUT2D eigenvalue weighted by Crippen LogP contribution is -1.98. The zero-order chi connectivity index (χ0) is 18.1. The van der Waals surface area contributed by atoms with E-state index in [1.165, 1.54) is 18.0 Å². The maximum absolute atomic E-state index is 14.5. The fraction of sp³-hybridized carbons (Fsp3) is 0.111. The first-order valence-electron chi connectivity index (χ1n) is 7.15. The standard InChI is InChI=1S/C18H12ClF2N3O/c1-4-11-6-5-10(9-22-11)17-16(18(19)23-24(17)2)15-13(20)7-12(25-3)8-14(15)21/h1,5-9H,2-3H3. The summed E-state index contributed by atoms with van der Waals surface area (Å²) < 4.78 is 35.4. The highest BCUT2D eigenvalue weighted by atomic mass is 35.5. The summed E-state index contributed by atoms with van der Waals surface area (Å²) in [6.07, 6.45) is 6.80. The van der Waals surface area contributed by atoms with Crippen LogP contribution in [0, 0.1) is 24.0 Å². The molecule has 0 aliphatic rings. The molecule has 126 valence electrons. The molecule has 0 atom stereocenters. The summed E-state index contributed by atoms with van der Waals surface area (Å²) >= 11 is 6.16. The quantitative estimate of drug-likeness (QED) is 0.662. The minimum atomic E-state index is -0.804. The third kappa shape index (κ3) is 2.94. The van der Waals surface area contributed by atoms with Gasteiger partial charge >= 0.3 is 0 Å². The van der Waals surface area contributed by atoms with Gasteiger partial charge in [-0.05, 0) is 12.1 Å². The Kier molecular flexibility index (Phi) is 4.43. The van der Waals surface area contributed by atoms with Crippen molar-refractivity contribution in [1.29, 1.82) is 0 Å². The number of terminal acetylenes is 1. The number of ether oxygens (including phenoxy) is 1. The van der Waals surface area contributed by atoms with Gasteiger partial charge in [0.1, 0.15) is 23.1 Å². The molecule has 0 radical (unpaired) electrons. The number of pyridine rings is 1. The Morgan fingerprint density at radius 1 is 1.20 bits per heavy atom. The lowest BCUT2D eigenvalue weighted by molar-refractivity contribution is 0.407. The van der Waals surface area contributed by atoms with Gasteiger partial charge in [-0.3, -0.25) is 4.68 Å². The fourth-order valence-corrected chi connectivity index (χ4v) is 2.87. The van der Waals surface area contributed by atoms with Crippen LogP contribution in [0.25, 0.3) is 22.4 Å². The molecule has 0 fully saturated rings. The smallest absolute Gasteiger partial charge is 0.159 e. The monoisotopic (exact) mass is 359 g/mol. The van der Waals surface area contributed by atoms with Gasteiger partial charge in [-0.2, -0.15) is 5.10 Å². The Morgan fingerprint density at radius 3 is 2.40 bits per heavy atom. The first-order valence-corrected chi connectivity index (χ1v) is 7.53. The van der Waals surface area contributed by atoms with Crippen molar-refractivity contribution in [1.82, 2.24) is 14.8 Å². The average Bonchev–Trinajstić information content (AvgIpc) is 2.88. The maximum Gasteiger partial charge on any atom is 0.159 e. The number of rotatable bonds is 3.